The Morgan fingerprint density at radius 1 is 1.12 bits per heavy atom. The van der Waals surface area contributed by atoms with Crippen molar-refractivity contribution in [1.82, 2.24) is 5.32 Å². The predicted molar refractivity (Wildman–Crippen MR) is 95.1 cm³/mol. The molecule has 0 aliphatic carbocycles. The minimum atomic E-state index is -0.526. The fraction of sp³-hybridized carbons (Fsp3) is 0.350. The van der Waals surface area contributed by atoms with Gasteiger partial charge in [0.2, 0.25) is 0 Å². The Labute approximate surface area is 147 Å². The van der Waals surface area contributed by atoms with Gasteiger partial charge in [-0.1, -0.05) is 31.2 Å². The summed E-state index contributed by atoms with van der Waals surface area (Å²) in [7, 11) is 0. The molecule has 1 heterocycles. The number of ether oxygens (including phenoxy) is 3. The number of fused-ring (bicyclic) bond motifs is 1. The van der Waals surface area contributed by atoms with Gasteiger partial charge < -0.3 is 19.5 Å². The molecule has 132 valence electrons. The molecule has 0 fully saturated rings. The molecule has 5 nitrogen and oxygen atoms in total. The lowest BCUT2D eigenvalue weighted by Gasteiger charge is -2.23. The molecule has 1 aliphatic heterocycles. The van der Waals surface area contributed by atoms with Crippen molar-refractivity contribution in [2.24, 2.45) is 0 Å². The van der Waals surface area contributed by atoms with Crippen LogP contribution in [0.1, 0.15) is 31.9 Å². The van der Waals surface area contributed by atoms with E-state index in [0.29, 0.717) is 25.4 Å². The van der Waals surface area contributed by atoms with Crippen LogP contribution in [-0.4, -0.2) is 25.2 Å². The zero-order valence-electron chi connectivity index (χ0n) is 14.5. The zero-order chi connectivity index (χ0) is 17.6. The quantitative estimate of drug-likeness (QED) is 0.874. The summed E-state index contributed by atoms with van der Waals surface area (Å²) >= 11 is 0. The number of para-hydroxylation sites is 1. The van der Waals surface area contributed by atoms with Crippen molar-refractivity contribution in [2.75, 3.05) is 13.2 Å². The van der Waals surface area contributed by atoms with Crippen molar-refractivity contribution in [3.63, 3.8) is 0 Å². The highest BCUT2D eigenvalue weighted by molar-refractivity contribution is 5.81. The lowest BCUT2D eigenvalue weighted by Crippen LogP contribution is -2.39. The Hall–Kier alpha value is -2.69. The van der Waals surface area contributed by atoms with Crippen LogP contribution in [0.15, 0.2) is 48.5 Å². The number of amides is 1. The minimum Gasteiger partial charge on any atom is -0.486 e. The van der Waals surface area contributed by atoms with Gasteiger partial charge in [0.05, 0.1) is 6.04 Å². The van der Waals surface area contributed by atoms with E-state index in [1.54, 1.807) is 0 Å². The van der Waals surface area contributed by atoms with Crippen LogP contribution in [-0.2, 0) is 4.79 Å². The van der Waals surface area contributed by atoms with Crippen LogP contribution in [0, 0.1) is 0 Å². The van der Waals surface area contributed by atoms with Gasteiger partial charge in [-0.3, -0.25) is 4.79 Å². The van der Waals surface area contributed by atoms with Gasteiger partial charge in [0, 0.05) is 0 Å². The second kappa shape index (κ2) is 7.92. The Morgan fingerprint density at radius 2 is 1.84 bits per heavy atom. The lowest BCUT2D eigenvalue weighted by molar-refractivity contribution is -0.128. The van der Waals surface area contributed by atoms with Gasteiger partial charge in [-0.25, -0.2) is 0 Å². The summed E-state index contributed by atoms with van der Waals surface area (Å²) in [6.07, 6.45) is 0.0660. The van der Waals surface area contributed by atoms with Gasteiger partial charge in [0.1, 0.15) is 19.0 Å². The molecule has 0 saturated carbocycles. The van der Waals surface area contributed by atoms with Crippen LogP contribution in [0.2, 0.25) is 0 Å². The first-order chi connectivity index (χ1) is 12.2. The third-order valence-electron chi connectivity index (χ3n) is 4.11. The van der Waals surface area contributed by atoms with E-state index in [1.165, 1.54) is 0 Å². The molecule has 0 radical (unpaired) electrons. The van der Waals surface area contributed by atoms with Crippen molar-refractivity contribution >= 4 is 5.91 Å². The summed E-state index contributed by atoms with van der Waals surface area (Å²) < 4.78 is 16.9. The predicted octanol–water partition coefficient (Wildman–Crippen LogP) is 3.49. The highest BCUT2D eigenvalue weighted by atomic mass is 16.6. The fourth-order valence-electron chi connectivity index (χ4n) is 2.70. The van der Waals surface area contributed by atoms with Crippen LogP contribution in [0.5, 0.6) is 17.2 Å². The first-order valence-corrected chi connectivity index (χ1v) is 8.59. The maximum absolute atomic E-state index is 12.6. The van der Waals surface area contributed by atoms with E-state index in [-0.39, 0.29) is 11.9 Å². The molecular formula is C20H23NO4. The number of carbonyl (C=O) groups excluding carboxylic acids is 1. The molecule has 2 aromatic carbocycles. The molecule has 25 heavy (non-hydrogen) atoms. The number of hydrogen-bond donors (Lipinski definition) is 1. The average Bonchev–Trinajstić information content (AvgIpc) is 2.66. The van der Waals surface area contributed by atoms with E-state index < -0.39 is 6.10 Å². The topological polar surface area (TPSA) is 56.8 Å². The molecule has 1 amide bonds. The van der Waals surface area contributed by atoms with E-state index in [9.17, 15) is 4.79 Å². The van der Waals surface area contributed by atoms with Crippen LogP contribution in [0.4, 0.5) is 0 Å². The van der Waals surface area contributed by atoms with Gasteiger partial charge in [0.25, 0.3) is 5.91 Å². The molecule has 0 spiro atoms. The molecule has 0 aromatic heterocycles. The average molecular weight is 341 g/mol. The Kier molecular flexibility index (Phi) is 5.43. The Bertz CT molecular complexity index is 717. The number of carbonyl (C=O) groups is 1. The third-order valence-corrected chi connectivity index (χ3v) is 4.11. The molecule has 2 atom stereocenters. The molecule has 2 aromatic rings. The lowest BCUT2D eigenvalue weighted by atomic mass is 10.1. The molecule has 1 aliphatic rings. The van der Waals surface area contributed by atoms with Gasteiger partial charge in [0.15, 0.2) is 17.6 Å². The highest BCUT2D eigenvalue weighted by Crippen LogP contribution is 2.32. The van der Waals surface area contributed by atoms with Crippen molar-refractivity contribution in [2.45, 2.75) is 32.4 Å². The van der Waals surface area contributed by atoms with Crippen molar-refractivity contribution in [3.8, 4) is 17.2 Å². The number of nitrogens with one attached hydrogen (secondary N) is 1. The SMILES string of the molecule is CC[C@@H](Oc1ccccc1)C(=O)N[C@H](C)c1ccc2c(c1)OCCO2. The Balaban J connectivity index is 1.64. The smallest absolute Gasteiger partial charge is 0.261 e. The number of rotatable bonds is 6. The second-order valence-electron chi connectivity index (χ2n) is 5.96. The van der Waals surface area contributed by atoms with E-state index >= 15 is 0 Å². The van der Waals surface area contributed by atoms with E-state index in [0.717, 1.165) is 17.1 Å². The summed E-state index contributed by atoms with van der Waals surface area (Å²) in [6.45, 7) is 4.98. The maximum Gasteiger partial charge on any atom is 0.261 e. The minimum absolute atomic E-state index is 0.131. The summed E-state index contributed by atoms with van der Waals surface area (Å²) in [4.78, 5) is 12.6. The monoisotopic (exact) mass is 341 g/mol. The fourth-order valence-corrected chi connectivity index (χ4v) is 2.70. The molecule has 3 rings (SSSR count). The molecule has 0 bridgehead atoms. The van der Waals surface area contributed by atoms with E-state index in [1.807, 2.05) is 62.4 Å². The highest BCUT2D eigenvalue weighted by Gasteiger charge is 2.21. The first-order valence-electron chi connectivity index (χ1n) is 8.59. The van der Waals surface area contributed by atoms with Crippen LogP contribution in [0.3, 0.4) is 0 Å². The molecule has 5 heteroatoms. The number of benzene rings is 2. The molecular weight excluding hydrogens is 318 g/mol. The maximum atomic E-state index is 12.6. The summed E-state index contributed by atoms with van der Waals surface area (Å²) in [5.74, 6) is 2.02. The van der Waals surface area contributed by atoms with Crippen molar-refractivity contribution < 1.29 is 19.0 Å². The van der Waals surface area contributed by atoms with Gasteiger partial charge >= 0.3 is 0 Å². The van der Waals surface area contributed by atoms with Crippen molar-refractivity contribution in [1.29, 1.82) is 0 Å². The first kappa shape index (κ1) is 17.1. The van der Waals surface area contributed by atoms with Gasteiger partial charge in [-0.2, -0.15) is 0 Å². The van der Waals surface area contributed by atoms with E-state index in [2.05, 4.69) is 5.32 Å². The normalized spacial score (nSPS) is 15.1. The molecule has 0 unspecified atom stereocenters. The summed E-state index contributed by atoms with van der Waals surface area (Å²) in [5.41, 5.74) is 0.965. The molecule has 1 N–H and O–H groups in total. The van der Waals surface area contributed by atoms with E-state index in [4.69, 9.17) is 14.2 Å². The summed E-state index contributed by atoms with van der Waals surface area (Å²) in [6, 6.07) is 15.0. The number of hydrogen-bond acceptors (Lipinski definition) is 4. The van der Waals surface area contributed by atoms with Gasteiger partial charge in [-0.05, 0) is 43.2 Å². The summed E-state index contributed by atoms with van der Waals surface area (Å²) in [5, 5.41) is 3.01. The zero-order valence-corrected chi connectivity index (χ0v) is 14.5. The van der Waals surface area contributed by atoms with Crippen LogP contribution < -0.4 is 19.5 Å². The Morgan fingerprint density at radius 3 is 2.56 bits per heavy atom. The largest absolute Gasteiger partial charge is 0.486 e. The van der Waals surface area contributed by atoms with Crippen LogP contribution >= 0.6 is 0 Å². The van der Waals surface area contributed by atoms with Gasteiger partial charge in [-0.15, -0.1) is 0 Å². The van der Waals surface area contributed by atoms with Crippen LogP contribution in [0.25, 0.3) is 0 Å². The second-order valence-corrected chi connectivity index (χ2v) is 5.96. The van der Waals surface area contributed by atoms with Crippen molar-refractivity contribution in [3.05, 3.63) is 54.1 Å². The molecule has 0 saturated heterocycles. The standard InChI is InChI=1S/C20H23NO4/c1-3-17(25-16-7-5-4-6-8-16)20(22)21-14(2)15-9-10-18-19(13-15)24-12-11-23-18/h4-10,13-14,17H,3,11-12H2,1-2H3,(H,21,22)/t14-,17-/m1/s1. The third kappa shape index (κ3) is 4.24.